The van der Waals surface area contributed by atoms with Crippen molar-refractivity contribution in [3.8, 4) is 0 Å². The first-order valence-electron chi connectivity index (χ1n) is 13.0. The van der Waals surface area contributed by atoms with Gasteiger partial charge in [0, 0.05) is 23.1 Å². The predicted molar refractivity (Wildman–Crippen MR) is 150 cm³/mol. The van der Waals surface area contributed by atoms with E-state index in [0.717, 1.165) is 31.2 Å². The molecule has 0 bridgehead atoms. The zero-order valence-electron chi connectivity index (χ0n) is 22.4. The minimum Gasteiger partial charge on any atom is -0.444 e. The molecule has 1 aliphatic heterocycles. The van der Waals surface area contributed by atoms with Gasteiger partial charge in [0.2, 0.25) is 5.91 Å². The highest BCUT2D eigenvalue weighted by Gasteiger charge is 2.38. The van der Waals surface area contributed by atoms with Crippen molar-refractivity contribution >= 4 is 47.3 Å². The van der Waals surface area contributed by atoms with Crippen LogP contribution in [-0.2, 0) is 20.7 Å². The van der Waals surface area contributed by atoms with Crippen LogP contribution in [0.25, 0.3) is 0 Å². The summed E-state index contributed by atoms with van der Waals surface area (Å²) in [5, 5.41) is 13.8. The van der Waals surface area contributed by atoms with E-state index in [4.69, 9.17) is 4.74 Å². The minimum atomic E-state index is -0.785. The molecule has 1 aromatic rings. The number of benzene rings is 1. The first kappa shape index (κ1) is 30.1. The van der Waals surface area contributed by atoms with E-state index in [1.165, 1.54) is 47.2 Å². The summed E-state index contributed by atoms with van der Waals surface area (Å²) >= 11 is 2.83. The molecule has 3 atom stereocenters. The van der Waals surface area contributed by atoms with Crippen molar-refractivity contribution in [2.75, 3.05) is 11.6 Å². The van der Waals surface area contributed by atoms with Gasteiger partial charge in [0.25, 0.3) is 11.6 Å². The number of hydrogen-bond donors (Lipinski definition) is 2. The minimum absolute atomic E-state index is 0.0550. The summed E-state index contributed by atoms with van der Waals surface area (Å²) in [5.41, 5.74) is 0.369. The number of rotatable bonds is 9. The maximum atomic E-state index is 12.9. The molecule has 210 valence electrons. The van der Waals surface area contributed by atoms with E-state index >= 15 is 0 Å². The molecular weight excluding hydrogens is 528 g/mol. The molecule has 0 radical (unpaired) electrons. The van der Waals surface area contributed by atoms with Gasteiger partial charge in [-0.15, -0.1) is 11.8 Å². The van der Waals surface area contributed by atoms with Crippen LogP contribution in [0, 0.1) is 16.0 Å². The molecule has 12 heteroatoms. The highest BCUT2D eigenvalue weighted by Crippen LogP contribution is 2.34. The van der Waals surface area contributed by atoms with Gasteiger partial charge in [0.15, 0.2) is 0 Å². The molecule has 2 aliphatic rings. The zero-order chi connectivity index (χ0) is 27.9. The number of nitrogens with one attached hydrogen (secondary N) is 2. The number of carbonyl (C=O) groups is 3. The van der Waals surface area contributed by atoms with Crippen molar-refractivity contribution < 1.29 is 24.0 Å². The third kappa shape index (κ3) is 8.79. The first-order valence-corrected chi connectivity index (χ1v) is 15.0. The molecule has 0 spiro atoms. The molecule has 0 aromatic heterocycles. The van der Waals surface area contributed by atoms with E-state index in [1.54, 1.807) is 39.8 Å². The van der Waals surface area contributed by atoms with E-state index in [1.807, 2.05) is 0 Å². The van der Waals surface area contributed by atoms with Gasteiger partial charge in [-0.05, 0) is 70.4 Å². The summed E-state index contributed by atoms with van der Waals surface area (Å²) in [4.78, 5) is 50.3. The summed E-state index contributed by atoms with van der Waals surface area (Å²) < 4.78 is 8.36. The van der Waals surface area contributed by atoms with Gasteiger partial charge in [0.05, 0.1) is 10.8 Å². The van der Waals surface area contributed by atoms with E-state index in [9.17, 15) is 24.5 Å². The Balaban J connectivity index is 1.57. The number of nitro groups is 1. The average Bonchev–Trinajstić information content (AvgIpc) is 3.36. The number of hydrogen-bond acceptors (Lipinski definition) is 8. The lowest BCUT2D eigenvalue weighted by Crippen LogP contribution is -2.53. The van der Waals surface area contributed by atoms with Gasteiger partial charge in [-0.25, -0.2) is 4.79 Å². The third-order valence-electron chi connectivity index (χ3n) is 6.64. The van der Waals surface area contributed by atoms with Crippen LogP contribution < -0.4 is 10.0 Å². The molecule has 38 heavy (non-hydrogen) atoms. The lowest BCUT2D eigenvalue weighted by Gasteiger charge is -2.30. The Labute approximate surface area is 232 Å². The Kier molecular flexibility index (Phi) is 10.7. The quantitative estimate of drug-likeness (QED) is 0.251. The molecule has 3 amide bonds. The molecule has 1 unspecified atom stereocenters. The Bertz CT molecular complexity index is 994. The molecule has 10 nitrogen and oxygen atoms in total. The average molecular weight is 567 g/mol. The predicted octanol–water partition coefficient (Wildman–Crippen LogP) is 4.67. The SMILES string of the molecule is C[C@@H](NC(=O)[C@@H]1CSCN1C(=O)OC(C)(C)C)C(=O)NSC(Cc1ccc([N+](=O)[O-])cc1)C1CCCCC1. The molecule has 1 saturated carbocycles. The molecule has 3 rings (SSSR count). The number of ether oxygens (including phenoxy) is 1. The Morgan fingerprint density at radius 1 is 1.18 bits per heavy atom. The zero-order valence-corrected chi connectivity index (χ0v) is 24.1. The Morgan fingerprint density at radius 3 is 2.45 bits per heavy atom. The van der Waals surface area contributed by atoms with Crippen molar-refractivity contribution in [3.05, 3.63) is 39.9 Å². The molecule has 1 heterocycles. The van der Waals surface area contributed by atoms with E-state index in [0.29, 0.717) is 24.0 Å². The van der Waals surface area contributed by atoms with Gasteiger partial charge < -0.3 is 10.1 Å². The molecule has 2 N–H and O–H groups in total. The van der Waals surface area contributed by atoms with Gasteiger partial charge in [-0.1, -0.05) is 31.4 Å². The lowest BCUT2D eigenvalue weighted by atomic mass is 9.85. The fourth-order valence-corrected chi connectivity index (χ4v) is 6.88. The van der Waals surface area contributed by atoms with Gasteiger partial charge in [-0.3, -0.25) is 29.3 Å². The molecule has 2 fully saturated rings. The van der Waals surface area contributed by atoms with Crippen LogP contribution in [0.1, 0.15) is 65.4 Å². The third-order valence-corrected chi connectivity index (χ3v) is 8.82. The second-order valence-corrected chi connectivity index (χ2v) is 12.9. The second-order valence-electron chi connectivity index (χ2n) is 10.8. The summed E-state index contributed by atoms with van der Waals surface area (Å²) in [6.07, 6.45) is 5.79. The summed E-state index contributed by atoms with van der Waals surface area (Å²) in [6.45, 7) is 6.94. The van der Waals surface area contributed by atoms with Crippen LogP contribution >= 0.6 is 23.7 Å². The van der Waals surface area contributed by atoms with E-state index in [-0.39, 0.29) is 22.8 Å². The second kappa shape index (κ2) is 13.5. The van der Waals surface area contributed by atoms with Crippen molar-refractivity contribution in [2.24, 2.45) is 5.92 Å². The summed E-state index contributed by atoms with van der Waals surface area (Å²) in [7, 11) is 0. The fraction of sp³-hybridized carbons (Fsp3) is 0.654. The number of thioether (sulfide) groups is 1. The molecule has 1 aliphatic carbocycles. The van der Waals surface area contributed by atoms with Crippen molar-refractivity contribution in [1.82, 2.24) is 14.9 Å². The number of nitro benzene ring substituents is 1. The van der Waals surface area contributed by atoms with Crippen molar-refractivity contribution in [1.29, 1.82) is 0 Å². The molecular formula is C26H38N4O6S2. The molecule has 1 aromatic carbocycles. The number of non-ortho nitro benzene ring substituents is 1. The smallest absolute Gasteiger partial charge is 0.411 e. The van der Waals surface area contributed by atoms with Crippen LogP contribution in [0.5, 0.6) is 0 Å². The fourth-order valence-electron chi connectivity index (χ4n) is 4.55. The van der Waals surface area contributed by atoms with E-state index in [2.05, 4.69) is 10.0 Å². The monoisotopic (exact) mass is 566 g/mol. The van der Waals surface area contributed by atoms with Crippen LogP contribution in [0.3, 0.4) is 0 Å². The number of carbonyl (C=O) groups excluding carboxylic acids is 3. The largest absolute Gasteiger partial charge is 0.444 e. The topological polar surface area (TPSA) is 131 Å². The lowest BCUT2D eigenvalue weighted by molar-refractivity contribution is -0.384. The van der Waals surface area contributed by atoms with E-state index < -0.39 is 28.7 Å². The maximum Gasteiger partial charge on any atom is 0.411 e. The van der Waals surface area contributed by atoms with Gasteiger partial charge in [-0.2, -0.15) is 0 Å². The van der Waals surface area contributed by atoms with Gasteiger partial charge in [0.1, 0.15) is 17.7 Å². The van der Waals surface area contributed by atoms with Gasteiger partial charge >= 0.3 is 6.09 Å². The highest BCUT2D eigenvalue weighted by atomic mass is 32.2. The highest BCUT2D eigenvalue weighted by molar-refractivity contribution is 7.99. The standard InChI is InChI=1S/C26H38N4O6S2/c1-17(27-24(32)21-15-37-16-29(21)25(33)36-26(2,3)4)23(31)28-38-22(19-8-6-5-7-9-19)14-18-10-12-20(13-11-18)30(34)35/h10-13,17,19,21-22H,5-9,14-16H2,1-4H3,(H,27,32)(H,28,31)/t17-,21+,22?/m1/s1. The number of nitrogens with zero attached hydrogens (tertiary/aromatic N) is 2. The van der Waals surface area contributed by atoms with Crippen molar-refractivity contribution in [2.45, 2.75) is 89.2 Å². The maximum absolute atomic E-state index is 12.9. The Hall–Kier alpha value is -2.47. The summed E-state index contributed by atoms with van der Waals surface area (Å²) in [6, 6.07) is 5.08. The van der Waals surface area contributed by atoms with Crippen LogP contribution in [0.2, 0.25) is 0 Å². The van der Waals surface area contributed by atoms with Crippen molar-refractivity contribution in [3.63, 3.8) is 0 Å². The van der Waals surface area contributed by atoms with Crippen LogP contribution in [0.4, 0.5) is 10.5 Å². The summed E-state index contributed by atoms with van der Waals surface area (Å²) in [5.74, 6) is 0.514. The first-order chi connectivity index (χ1) is 17.9. The van der Waals surface area contributed by atoms with Crippen LogP contribution in [0.15, 0.2) is 24.3 Å². The molecule has 1 saturated heterocycles. The number of amides is 3. The van der Waals surface area contributed by atoms with Crippen LogP contribution in [-0.4, -0.2) is 62.3 Å². The normalized spacial score (nSPS) is 19.9. The Morgan fingerprint density at radius 2 is 1.84 bits per heavy atom.